The third kappa shape index (κ3) is 4.13. The third-order valence-electron chi connectivity index (χ3n) is 8.05. The smallest absolute Gasteiger partial charge is 0.259 e. The van der Waals surface area contributed by atoms with E-state index in [-0.39, 0.29) is 41.2 Å². The number of aryl methyl sites for hydroxylation is 1. The molecule has 0 aliphatic heterocycles. The number of nitrogens with two attached hydrogens (primary N) is 1. The zero-order valence-electron chi connectivity index (χ0n) is 22.9. The second-order valence-corrected chi connectivity index (χ2v) is 10.6. The van der Waals surface area contributed by atoms with Crippen LogP contribution in [0, 0.1) is 12.8 Å². The Labute approximate surface area is 239 Å². The highest BCUT2D eigenvalue weighted by Crippen LogP contribution is 2.50. The molecule has 0 saturated carbocycles. The molecule has 3 aromatic rings. The number of ketones is 2. The van der Waals surface area contributed by atoms with Gasteiger partial charge in [-0.05, 0) is 62.2 Å². The molecule has 2 aliphatic rings. The standard InChI is InChI=1S/C29H29N5O8/c1-12-14-5-4-6-17(35)19(14)23(36)20-15(12)9-16-22(34(2)3)24(37)21(26(39)29(16,42)25(20)38)28(41)33-11-32-18-8-7-13(10-31-18)27(30)40/h4-8,10,16,22,35-36,39,42H,9,11H2,1-3H3,(H2,30,40)(H,31,32)(H,33,41)/t16-,22-,29+/m0/s1. The van der Waals surface area contributed by atoms with Gasteiger partial charge in [-0.1, -0.05) is 12.1 Å². The van der Waals surface area contributed by atoms with Crippen LogP contribution in [0.2, 0.25) is 0 Å². The first-order valence-electron chi connectivity index (χ1n) is 13.0. The number of benzene rings is 2. The number of phenolic OH excluding ortho intramolecular Hbond substituents is 2. The van der Waals surface area contributed by atoms with Gasteiger partial charge < -0.3 is 36.8 Å². The summed E-state index contributed by atoms with van der Waals surface area (Å²) in [6.07, 6.45) is 1.14. The molecule has 1 aromatic heterocycles. The Kier molecular flexibility index (Phi) is 6.87. The molecule has 2 aromatic carbocycles. The van der Waals surface area contributed by atoms with Gasteiger partial charge >= 0.3 is 0 Å². The van der Waals surface area contributed by atoms with Crippen molar-refractivity contribution in [1.82, 2.24) is 15.2 Å². The molecule has 218 valence electrons. The number of pyridine rings is 1. The van der Waals surface area contributed by atoms with Crippen molar-refractivity contribution in [3.05, 3.63) is 70.1 Å². The van der Waals surface area contributed by atoms with Crippen molar-refractivity contribution < 1.29 is 39.6 Å². The molecule has 0 fully saturated rings. The van der Waals surface area contributed by atoms with Crippen molar-refractivity contribution in [1.29, 1.82) is 0 Å². The van der Waals surface area contributed by atoms with E-state index in [4.69, 9.17) is 5.73 Å². The maximum atomic E-state index is 14.0. The molecule has 42 heavy (non-hydrogen) atoms. The number of aromatic nitrogens is 1. The van der Waals surface area contributed by atoms with Crippen molar-refractivity contribution in [2.75, 3.05) is 26.1 Å². The number of amides is 2. The lowest BCUT2D eigenvalue weighted by Gasteiger charge is -2.47. The summed E-state index contributed by atoms with van der Waals surface area (Å²) in [5.41, 5.74) is 2.46. The Morgan fingerprint density at radius 1 is 1.14 bits per heavy atom. The number of hydrogen-bond donors (Lipinski definition) is 7. The molecule has 3 atom stereocenters. The lowest BCUT2D eigenvalue weighted by atomic mass is 9.61. The van der Waals surface area contributed by atoms with Gasteiger partial charge in [-0.2, -0.15) is 0 Å². The van der Waals surface area contributed by atoms with Gasteiger partial charge in [-0.25, -0.2) is 4.98 Å². The SMILES string of the molecule is Cc1c2c(c(O)c3c(O)cccc13)C(=O)[C@@]1(O)C(O)=C(C(=O)NCNc3ccc(C(N)=O)cn3)C(=O)[C@@H](N(C)C)[C@@H]1C2. The number of carbonyl (C=O) groups excluding carboxylic acids is 4. The van der Waals surface area contributed by atoms with Gasteiger partial charge in [-0.15, -0.1) is 0 Å². The van der Waals surface area contributed by atoms with Crippen LogP contribution in [0.3, 0.4) is 0 Å². The summed E-state index contributed by atoms with van der Waals surface area (Å²) >= 11 is 0. The second-order valence-electron chi connectivity index (χ2n) is 10.6. The molecule has 2 aliphatic carbocycles. The van der Waals surface area contributed by atoms with Crippen molar-refractivity contribution in [3.63, 3.8) is 0 Å². The zero-order valence-corrected chi connectivity index (χ0v) is 22.9. The number of primary amides is 1. The average molecular weight is 576 g/mol. The minimum atomic E-state index is -2.73. The number of aliphatic hydroxyl groups is 2. The molecule has 5 rings (SSSR count). The molecule has 8 N–H and O–H groups in total. The Balaban J connectivity index is 1.55. The van der Waals surface area contributed by atoms with E-state index in [1.54, 1.807) is 33.2 Å². The molecule has 0 saturated heterocycles. The maximum absolute atomic E-state index is 14.0. The highest BCUT2D eigenvalue weighted by molar-refractivity contribution is 6.25. The Morgan fingerprint density at radius 3 is 2.48 bits per heavy atom. The van der Waals surface area contributed by atoms with E-state index in [0.717, 1.165) is 0 Å². The number of nitrogens with zero attached hydrogens (tertiary/aromatic N) is 2. The van der Waals surface area contributed by atoms with Crippen LogP contribution in [0.15, 0.2) is 47.9 Å². The molecule has 13 nitrogen and oxygen atoms in total. The van der Waals surface area contributed by atoms with E-state index >= 15 is 0 Å². The molecule has 0 spiro atoms. The van der Waals surface area contributed by atoms with Crippen LogP contribution in [0.5, 0.6) is 11.5 Å². The number of carbonyl (C=O) groups is 4. The number of likely N-dealkylation sites (N-methyl/N-ethyl adjacent to an activating group) is 1. The average Bonchev–Trinajstić information content (AvgIpc) is 2.93. The number of anilines is 1. The van der Waals surface area contributed by atoms with Crippen molar-refractivity contribution in [2.24, 2.45) is 11.7 Å². The van der Waals surface area contributed by atoms with Crippen LogP contribution in [0.1, 0.15) is 31.8 Å². The van der Waals surface area contributed by atoms with E-state index < -0.39 is 58.0 Å². The molecule has 1 heterocycles. The van der Waals surface area contributed by atoms with Gasteiger partial charge in [0.1, 0.15) is 28.6 Å². The molecular formula is C29H29N5O8. The summed E-state index contributed by atoms with van der Waals surface area (Å²) in [7, 11) is 3.10. The fraction of sp³-hybridized carbons (Fsp3) is 0.276. The van der Waals surface area contributed by atoms with Crippen LogP contribution in [-0.2, 0) is 16.0 Å². The number of nitrogens with one attached hydrogen (secondary N) is 2. The monoisotopic (exact) mass is 575 g/mol. The summed E-state index contributed by atoms with van der Waals surface area (Å²) in [6.45, 7) is 1.42. The Hall–Kier alpha value is -5.01. The van der Waals surface area contributed by atoms with E-state index in [1.165, 1.54) is 29.3 Å². The Morgan fingerprint density at radius 2 is 1.86 bits per heavy atom. The second kappa shape index (κ2) is 10.1. The third-order valence-corrected chi connectivity index (χ3v) is 8.05. The zero-order chi connectivity index (χ0) is 30.7. The van der Waals surface area contributed by atoms with E-state index in [2.05, 4.69) is 15.6 Å². The maximum Gasteiger partial charge on any atom is 0.259 e. The fourth-order valence-electron chi connectivity index (χ4n) is 5.97. The number of hydrogen-bond acceptors (Lipinski definition) is 11. The number of Topliss-reactive ketones (excluding diaryl/α,β-unsaturated/α-hetero) is 2. The first-order chi connectivity index (χ1) is 19.8. The minimum Gasteiger partial charge on any atom is -0.508 e. The van der Waals surface area contributed by atoms with E-state index in [1.807, 2.05) is 0 Å². The predicted molar refractivity (Wildman–Crippen MR) is 150 cm³/mol. The van der Waals surface area contributed by atoms with Gasteiger partial charge in [0.2, 0.25) is 11.7 Å². The molecular weight excluding hydrogens is 546 g/mol. The summed E-state index contributed by atoms with van der Waals surface area (Å²) in [5.74, 6) is -6.54. The van der Waals surface area contributed by atoms with Crippen molar-refractivity contribution in [2.45, 2.75) is 25.0 Å². The molecule has 2 amide bonds. The number of fused-ring (bicyclic) bond motifs is 3. The van der Waals surface area contributed by atoms with Crippen LogP contribution < -0.4 is 16.4 Å². The van der Waals surface area contributed by atoms with Gasteiger partial charge in [0.15, 0.2) is 11.4 Å². The molecule has 0 radical (unpaired) electrons. The van der Waals surface area contributed by atoms with Crippen LogP contribution in [0.25, 0.3) is 10.8 Å². The number of rotatable bonds is 6. The fourth-order valence-corrected chi connectivity index (χ4v) is 5.97. The summed E-state index contributed by atoms with van der Waals surface area (Å²) < 4.78 is 0. The van der Waals surface area contributed by atoms with Gasteiger partial charge in [0, 0.05) is 12.1 Å². The topological polar surface area (TPSA) is 215 Å². The predicted octanol–water partition coefficient (Wildman–Crippen LogP) is 0.650. The molecule has 0 unspecified atom stereocenters. The number of aromatic hydroxyl groups is 2. The lowest BCUT2D eigenvalue weighted by Crippen LogP contribution is -2.65. The van der Waals surface area contributed by atoms with Gasteiger partial charge in [0.25, 0.3) is 5.91 Å². The number of phenols is 2. The summed E-state index contributed by atoms with van der Waals surface area (Å²) in [4.78, 5) is 57.6. The molecule has 13 heteroatoms. The summed E-state index contributed by atoms with van der Waals surface area (Å²) in [5, 5.41) is 50.5. The molecule has 0 bridgehead atoms. The van der Waals surface area contributed by atoms with E-state index in [9.17, 15) is 39.6 Å². The Bertz CT molecular complexity index is 1720. The first-order valence-corrected chi connectivity index (χ1v) is 13.0. The highest BCUT2D eigenvalue weighted by Gasteiger charge is 2.62. The normalized spacial score (nSPS) is 21.7. The van der Waals surface area contributed by atoms with Crippen LogP contribution >= 0.6 is 0 Å². The van der Waals surface area contributed by atoms with Crippen molar-refractivity contribution in [3.8, 4) is 11.5 Å². The quantitative estimate of drug-likeness (QED) is 0.160. The van der Waals surface area contributed by atoms with Gasteiger partial charge in [0.05, 0.1) is 29.2 Å². The van der Waals surface area contributed by atoms with Gasteiger partial charge in [-0.3, -0.25) is 24.1 Å². The summed E-state index contributed by atoms with van der Waals surface area (Å²) in [6, 6.07) is 6.27. The van der Waals surface area contributed by atoms with Crippen molar-refractivity contribution >= 4 is 40.0 Å². The number of aliphatic hydroxyl groups excluding tert-OH is 1. The van der Waals surface area contributed by atoms with Crippen LogP contribution in [0.4, 0.5) is 5.82 Å². The van der Waals surface area contributed by atoms with E-state index in [0.29, 0.717) is 16.5 Å². The lowest BCUT2D eigenvalue weighted by molar-refractivity contribution is -0.132. The largest absolute Gasteiger partial charge is 0.508 e. The minimum absolute atomic E-state index is 0.00479. The highest BCUT2D eigenvalue weighted by atomic mass is 16.3. The van der Waals surface area contributed by atoms with Crippen LogP contribution in [-0.4, -0.2) is 86.1 Å². The first kappa shape index (κ1) is 28.5.